The summed E-state index contributed by atoms with van der Waals surface area (Å²) in [5.74, 6) is -0.396. The van der Waals surface area contributed by atoms with E-state index in [1.54, 1.807) is 13.8 Å². The first-order chi connectivity index (χ1) is 24.1. The molecule has 2 rings (SSSR count). The Bertz CT molecular complexity index is 1410. The summed E-state index contributed by atoms with van der Waals surface area (Å²) in [6, 6.07) is -0.102. The molecule has 0 aliphatic carbocycles. The SMILES string of the molecule is [C-]#[N+]CCOP(O[C@H]1[C@@H](OCCOC)[C@H](n2cc(C)c(=O)[nH]c2=O)O[C@@H]1[C@@H](CP(C)(=O)OCC)OCC(=O)NCCN(C)C)N(C(C)C)C(C)C. The first kappa shape index (κ1) is 45.1. The number of rotatable bonds is 24. The Labute approximate surface area is 302 Å². The van der Waals surface area contributed by atoms with Crippen LogP contribution in [-0.4, -0.2) is 148 Å². The average Bonchev–Trinajstić information content (AvgIpc) is 3.37. The van der Waals surface area contributed by atoms with Crippen molar-refractivity contribution < 1.29 is 41.9 Å². The van der Waals surface area contributed by atoms with Crippen molar-refractivity contribution >= 4 is 21.8 Å². The zero-order chi connectivity index (χ0) is 38.3. The summed E-state index contributed by atoms with van der Waals surface area (Å²) < 4.78 is 60.2. The van der Waals surface area contributed by atoms with Gasteiger partial charge in [0.2, 0.25) is 19.8 Å². The second-order valence-corrected chi connectivity index (χ2v) is 17.1. The van der Waals surface area contributed by atoms with Crippen LogP contribution in [0.25, 0.3) is 4.85 Å². The monoisotopic (exact) mass is 764 g/mol. The van der Waals surface area contributed by atoms with Crippen molar-refractivity contribution in [3.8, 4) is 0 Å². The second-order valence-electron chi connectivity index (χ2n) is 13.0. The first-order valence-corrected chi connectivity index (χ1v) is 20.5. The van der Waals surface area contributed by atoms with E-state index in [2.05, 4.69) is 15.1 Å². The average molecular weight is 765 g/mol. The molecule has 0 spiro atoms. The highest BCUT2D eigenvalue weighted by atomic mass is 31.2. The van der Waals surface area contributed by atoms with Gasteiger partial charge in [-0.25, -0.2) is 16.0 Å². The molecule has 17 nitrogen and oxygen atoms in total. The number of hydrogen-bond donors (Lipinski definition) is 2. The van der Waals surface area contributed by atoms with E-state index in [0.717, 1.165) is 0 Å². The van der Waals surface area contributed by atoms with E-state index in [0.29, 0.717) is 13.1 Å². The van der Waals surface area contributed by atoms with E-state index in [4.69, 9.17) is 39.1 Å². The standard InChI is InChI=1S/C32H58N6O11P2/c1-12-47-51(11,42)21-25(45-20-26(39)34-13-15-36(8)9)27-28(49-50(46-16-14-33-7)38(22(2)3)23(4)5)29(44-18-17-43-10)31(48-27)37-19-24(6)30(40)35-32(37)41/h19,22-23,25,27-29,31H,12-18,20-21H2,1-6,8-11H3,(H,34,39)(H,35,40,41)/t25-,27-,28-,29-,31-,50?,51?/m1/s1. The van der Waals surface area contributed by atoms with Gasteiger partial charge in [0.1, 0.15) is 31.5 Å². The van der Waals surface area contributed by atoms with E-state index in [1.807, 2.05) is 51.4 Å². The van der Waals surface area contributed by atoms with Crippen LogP contribution in [0.3, 0.4) is 0 Å². The van der Waals surface area contributed by atoms with Gasteiger partial charge in [-0.2, -0.15) is 0 Å². The van der Waals surface area contributed by atoms with E-state index in [1.165, 1.54) is 24.5 Å². The van der Waals surface area contributed by atoms with Gasteiger partial charge in [0, 0.05) is 50.7 Å². The summed E-state index contributed by atoms with van der Waals surface area (Å²) in [7, 11) is 0.0704. The number of carbonyl (C=O) groups is 1. The Morgan fingerprint density at radius 2 is 1.86 bits per heavy atom. The number of aryl methyl sites for hydroxylation is 1. The summed E-state index contributed by atoms with van der Waals surface area (Å²) in [4.78, 5) is 46.3. The lowest BCUT2D eigenvalue weighted by molar-refractivity contribution is -0.135. The Morgan fingerprint density at radius 3 is 2.45 bits per heavy atom. The van der Waals surface area contributed by atoms with Crippen molar-refractivity contribution in [3.63, 3.8) is 0 Å². The van der Waals surface area contributed by atoms with Crippen LogP contribution in [0.5, 0.6) is 0 Å². The molecule has 1 amide bonds. The molecule has 2 heterocycles. The summed E-state index contributed by atoms with van der Waals surface area (Å²) in [6.45, 7) is 21.3. The molecule has 19 heteroatoms. The van der Waals surface area contributed by atoms with Gasteiger partial charge in [-0.3, -0.25) is 23.7 Å². The molecule has 51 heavy (non-hydrogen) atoms. The fourth-order valence-electron chi connectivity index (χ4n) is 5.48. The van der Waals surface area contributed by atoms with Gasteiger partial charge in [-0.05, 0) is 55.6 Å². The topological polar surface area (TPSA) is 176 Å². The summed E-state index contributed by atoms with van der Waals surface area (Å²) in [5, 5.41) is 2.81. The van der Waals surface area contributed by atoms with Crippen LogP contribution < -0.4 is 16.6 Å². The van der Waals surface area contributed by atoms with Crippen molar-refractivity contribution in [2.75, 3.05) is 86.7 Å². The minimum atomic E-state index is -3.33. The number of carbonyl (C=O) groups excluding carboxylic acids is 1. The Hall–Kier alpha value is -2.06. The van der Waals surface area contributed by atoms with Crippen LogP contribution >= 0.6 is 15.9 Å². The van der Waals surface area contributed by atoms with Crippen molar-refractivity contribution in [3.05, 3.63) is 44.0 Å². The number of amides is 1. The van der Waals surface area contributed by atoms with Crippen LogP contribution in [0, 0.1) is 13.5 Å². The highest BCUT2D eigenvalue weighted by Gasteiger charge is 2.54. The lowest BCUT2D eigenvalue weighted by Crippen LogP contribution is -2.47. The smallest absolute Gasteiger partial charge is 0.330 e. The Morgan fingerprint density at radius 1 is 1.18 bits per heavy atom. The van der Waals surface area contributed by atoms with Crippen LogP contribution in [-0.2, 0) is 41.9 Å². The molecule has 2 unspecified atom stereocenters. The molecule has 2 N–H and O–H groups in total. The molecule has 292 valence electrons. The normalized spacial score (nSPS) is 21.7. The summed E-state index contributed by atoms with van der Waals surface area (Å²) in [5.41, 5.74) is -1.05. The maximum absolute atomic E-state index is 13.7. The molecule has 1 saturated heterocycles. The molecule has 1 aliphatic heterocycles. The van der Waals surface area contributed by atoms with Gasteiger partial charge in [-0.1, -0.05) is 0 Å². The predicted molar refractivity (Wildman–Crippen MR) is 194 cm³/mol. The Kier molecular flexibility index (Phi) is 19.7. The van der Waals surface area contributed by atoms with Gasteiger partial charge in [-0.15, -0.1) is 0 Å². The first-order valence-electron chi connectivity index (χ1n) is 17.1. The molecule has 7 atom stereocenters. The molecule has 1 aliphatic rings. The van der Waals surface area contributed by atoms with E-state index >= 15 is 0 Å². The molecular formula is C32H58N6O11P2. The van der Waals surface area contributed by atoms with Crippen LogP contribution in [0.4, 0.5) is 0 Å². The molecule has 0 bridgehead atoms. The molecule has 1 aromatic heterocycles. The minimum absolute atomic E-state index is 0.0512. The highest BCUT2D eigenvalue weighted by molar-refractivity contribution is 7.58. The second kappa shape index (κ2) is 22.2. The number of aromatic nitrogens is 2. The fourth-order valence-corrected chi connectivity index (χ4v) is 8.84. The van der Waals surface area contributed by atoms with Crippen molar-refractivity contribution in [1.82, 2.24) is 24.4 Å². The van der Waals surface area contributed by atoms with Crippen LogP contribution in [0.15, 0.2) is 15.8 Å². The molecule has 0 aromatic carbocycles. The molecule has 1 fully saturated rings. The number of nitrogens with one attached hydrogen (secondary N) is 2. The Balaban J connectivity index is 2.75. The number of nitrogens with zero attached hydrogens (tertiary/aromatic N) is 4. The van der Waals surface area contributed by atoms with Crippen molar-refractivity contribution in [2.24, 2.45) is 0 Å². The summed E-state index contributed by atoms with van der Waals surface area (Å²) >= 11 is 0. The van der Waals surface area contributed by atoms with Crippen LogP contribution in [0.2, 0.25) is 0 Å². The number of aromatic amines is 1. The number of hydrogen-bond acceptors (Lipinski definition) is 13. The minimum Gasteiger partial charge on any atom is -0.382 e. The maximum atomic E-state index is 13.7. The highest BCUT2D eigenvalue weighted by Crippen LogP contribution is 2.52. The van der Waals surface area contributed by atoms with Crippen molar-refractivity contribution in [1.29, 1.82) is 0 Å². The number of likely N-dealkylation sites (N-methyl/N-ethyl adjacent to an activating group) is 1. The van der Waals surface area contributed by atoms with Crippen LogP contribution in [0.1, 0.15) is 46.4 Å². The molecule has 0 saturated carbocycles. The molecule has 0 radical (unpaired) electrons. The lowest BCUT2D eigenvalue weighted by Gasteiger charge is -2.39. The predicted octanol–water partition coefficient (Wildman–Crippen LogP) is 2.45. The summed E-state index contributed by atoms with van der Waals surface area (Å²) in [6.07, 6.45) is -4.19. The largest absolute Gasteiger partial charge is 0.382 e. The van der Waals surface area contributed by atoms with Gasteiger partial charge in [0.15, 0.2) is 6.23 Å². The lowest BCUT2D eigenvalue weighted by atomic mass is 10.1. The zero-order valence-electron chi connectivity index (χ0n) is 31.7. The number of ether oxygens (including phenoxy) is 4. The fraction of sp³-hybridized carbons (Fsp3) is 0.812. The molecular weight excluding hydrogens is 706 g/mol. The third-order valence-corrected chi connectivity index (χ3v) is 11.7. The van der Waals surface area contributed by atoms with E-state index in [-0.39, 0.29) is 56.8 Å². The molecule has 1 aromatic rings. The third kappa shape index (κ3) is 14.4. The van der Waals surface area contributed by atoms with Gasteiger partial charge >= 0.3 is 5.69 Å². The third-order valence-electron chi connectivity index (χ3n) is 7.70. The van der Waals surface area contributed by atoms with E-state index < -0.39 is 70.3 Å². The number of methoxy groups -OCH3 is 1. The maximum Gasteiger partial charge on any atom is 0.330 e. The van der Waals surface area contributed by atoms with Gasteiger partial charge in [0.05, 0.1) is 32.1 Å². The zero-order valence-corrected chi connectivity index (χ0v) is 33.4. The van der Waals surface area contributed by atoms with Crippen molar-refractivity contribution in [2.45, 2.75) is 84.3 Å². The van der Waals surface area contributed by atoms with Gasteiger partial charge < -0.3 is 47.6 Å². The quantitative estimate of drug-likeness (QED) is 0.0893. The van der Waals surface area contributed by atoms with E-state index in [9.17, 15) is 18.9 Å². The number of H-pyrrole nitrogens is 1. The van der Waals surface area contributed by atoms with Gasteiger partial charge in [0.25, 0.3) is 14.1 Å².